The topological polar surface area (TPSA) is 61.0 Å². The van der Waals surface area contributed by atoms with E-state index in [4.69, 9.17) is 4.42 Å². The fourth-order valence-corrected chi connectivity index (χ4v) is 2.98. The number of nitrogens with zero attached hydrogens (tertiary/aromatic N) is 2. The van der Waals surface area contributed by atoms with Gasteiger partial charge in [0.25, 0.3) is 0 Å². The fraction of sp³-hybridized carbons (Fsp3) is 0.471. The molecule has 0 aliphatic carbocycles. The van der Waals surface area contributed by atoms with Gasteiger partial charge in [-0.1, -0.05) is 0 Å². The highest BCUT2D eigenvalue weighted by Gasteiger charge is 2.20. The number of aliphatic imine (C=N–C) groups is 1. The van der Waals surface area contributed by atoms with Crippen LogP contribution in [0.25, 0.3) is 11.0 Å². The summed E-state index contributed by atoms with van der Waals surface area (Å²) in [6.07, 6.45) is 1.30. The van der Waals surface area contributed by atoms with E-state index in [0.29, 0.717) is 12.1 Å². The fourth-order valence-electron chi connectivity index (χ4n) is 2.98. The lowest BCUT2D eigenvalue weighted by Crippen LogP contribution is -2.46. The minimum absolute atomic E-state index is 0.211. The summed E-state index contributed by atoms with van der Waals surface area (Å²) in [5.41, 5.74) is 1.63. The minimum Gasteiger partial charge on any atom is -0.459 e. The van der Waals surface area contributed by atoms with Crippen molar-refractivity contribution < 1.29 is 13.9 Å². The number of fused-ring (bicyclic) bond motifs is 1. The first-order valence-electron chi connectivity index (χ1n) is 7.89. The molecule has 1 saturated heterocycles. The van der Waals surface area contributed by atoms with Gasteiger partial charge in [-0.3, -0.25) is 4.99 Å². The van der Waals surface area contributed by atoms with Gasteiger partial charge < -0.3 is 19.7 Å². The van der Waals surface area contributed by atoms with Crippen molar-refractivity contribution in [3.63, 3.8) is 0 Å². The van der Waals surface area contributed by atoms with Gasteiger partial charge in [0.05, 0.1) is 12.6 Å². The Bertz CT molecular complexity index is 718. The molecule has 0 saturated carbocycles. The number of aliphatic hydroxyl groups is 1. The van der Waals surface area contributed by atoms with E-state index in [1.165, 1.54) is 12.1 Å². The van der Waals surface area contributed by atoms with Gasteiger partial charge in [0.1, 0.15) is 17.2 Å². The third-order valence-electron chi connectivity index (χ3n) is 4.38. The number of rotatable bonds is 2. The number of likely N-dealkylation sites (tertiary alicyclic amines) is 1. The molecule has 0 amide bonds. The molecule has 23 heavy (non-hydrogen) atoms. The number of halogens is 1. The SMILES string of the molecule is CN=C(NCc1oc2ccc(F)cc2c1C)N1CCC(O)CC1. The molecule has 2 N–H and O–H groups in total. The summed E-state index contributed by atoms with van der Waals surface area (Å²) in [6, 6.07) is 4.56. The van der Waals surface area contributed by atoms with Gasteiger partial charge in [-0.15, -0.1) is 0 Å². The molecule has 1 fully saturated rings. The summed E-state index contributed by atoms with van der Waals surface area (Å²) < 4.78 is 19.2. The first kappa shape index (κ1) is 15.8. The molecule has 0 unspecified atom stereocenters. The van der Waals surface area contributed by atoms with Crippen LogP contribution in [-0.4, -0.2) is 42.2 Å². The molecule has 2 aromatic rings. The smallest absolute Gasteiger partial charge is 0.194 e. The number of guanidine groups is 1. The van der Waals surface area contributed by atoms with Gasteiger partial charge in [-0.05, 0) is 38.0 Å². The zero-order valence-electron chi connectivity index (χ0n) is 13.5. The van der Waals surface area contributed by atoms with Crippen molar-refractivity contribution in [3.8, 4) is 0 Å². The van der Waals surface area contributed by atoms with Gasteiger partial charge in [0, 0.05) is 31.1 Å². The van der Waals surface area contributed by atoms with Crippen LogP contribution in [-0.2, 0) is 6.54 Å². The second-order valence-corrected chi connectivity index (χ2v) is 5.91. The standard InChI is InChI=1S/C17H22FN3O2/c1-11-14-9-12(18)3-4-15(14)23-16(11)10-20-17(19-2)21-7-5-13(22)6-8-21/h3-4,9,13,22H,5-8,10H2,1-2H3,(H,19,20). The number of hydrogen-bond acceptors (Lipinski definition) is 3. The van der Waals surface area contributed by atoms with Crippen molar-refractivity contribution in [2.75, 3.05) is 20.1 Å². The van der Waals surface area contributed by atoms with Gasteiger partial charge in [0.15, 0.2) is 5.96 Å². The Labute approximate surface area is 134 Å². The summed E-state index contributed by atoms with van der Waals surface area (Å²) in [7, 11) is 1.74. The predicted molar refractivity (Wildman–Crippen MR) is 87.9 cm³/mol. The monoisotopic (exact) mass is 319 g/mol. The van der Waals surface area contributed by atoms with Crippen LogP contribution in [0.5, 0.6) is 0 Å². The van der Waals surface area contributed by atoms with Crippen molar-refractivity contribution in [3.05, 3.63) is 35.3 Å². The van der Waals surface area contributed by atoms with Gasteiger partial charge in [-0.2, -0.15) is 0 Å². The van der Waals surface area contributed by atoms with Crippen molar-refractivity contribution in [1.29, 1.82) is 0 Å². The Kier molecular flexibility index (Phi) is 4.52. The Morgan fingerprint density at radius 3 is 2.87 bits per heavy atom. The molecule has 1 aliphatic heterocycles. The summed E-state index contributed by atoms with van der Waals surface area (Å²) in [5, 5.41) is 13.7. The number of furan rings is 1. The lowest BCUT2D eigenvalue weighted by atomic mass is 10.1. The molecule has 124 valence electrons. The third-order valence-corrected chi connectivity index (χ3v) is 4.38. The number of nitrogens with one attached hydrogen (secondary N) is 1. The Hall–Kier alpha value is -2.08. The van der Waals surface area contributed by atoms with E-state index in [1.54, 1.807) is 13.1 Å². The van der Waals surface area contributed by atoms with Crippen LogP contribution in [0.3, 0.4) is 0 Å². The van der Waals surface area contributed by atoms with Gasteiger partial charge in [0.2, 0.25) is 0 Å². The maximum absolute atomic E-state index is 13.4. The van der Waals surface area contributed by atoms with Crippen LogP contribution in [0.4, 0.5) is 4.39 Å². The first-order chi connectivity index (χ1) is 11.1. The van der Waals surface area contributed by atoms with E-state index >= 15 is 0 Å². The van der Waals surface area contributed by atoms with Crippen molar-refractivity contribution in [2.45, 2.75) is 32.4 Å². The van der Waals surface area contributed by atoms with Crippen LogP contribution in [0.1, 0.15) is 24.2 Å². The summed E-state index contributed by atoms with van der Waals surface area (Å²) >= 11 is 0. The summed E-state index contributed by atoms with van der Waals surface area (Å²) in [5.74, 6) is 1.32. The average molecular weight is 319 g/mol. The molecule has 0 spiro atoms. The lowest BCUT2D eigenvalue weighted by molar-refractivity contribution is 0.108. The highest BCUT2D eigenvalue weighted by atomic mass is 19.1. The van der Waals surface area contributed by atoms with Gasteiger partial charge >= 0.3 is 0 Å². The van der Waals surface area contributed by atoms with E-state index in [-0.39, 0.29) is 11.9 Å². The van der Waals surface area contributed by atoms with Crippen molar-refractivity contribution >= 4 is 16.9 Å². The Balaban J connectivity index is 1.71. The van der Waals surface area contributed by atoms with Crippen molar-refractivity contribution in [1.82, 2.24) is 10.2 Å². The summed E-state index contributed by atoms with van der Waals surface area (Å²) in [4.78, 5) is 6.43. The van der Waals surface area contributed by atoms with Crippen LogP contribution in [0, 0.1) is 12.7 Å². The number of hydrogen-bond donors (Lipinski definition) is 2. The second kappa shape index (κ2) is 6.58. The molecular formula is C17H22FN3O2. The maximum atomic E-state index is 13.4. The first-order valence-corrected chi connectivity index (χ1v) is 7.89. The maximum Gasteiger partial charge on any atom is 0.194 e. The molecule has 1 aromatic carbocycles. The number of piperidine rings is 1. The van der Waals surface area contributed by atoms with Crippen LogP contribution in [0.15, 0.2) is 27.6 Å². The molecule has 0 atom stereocenters. The highest BCUT2D eigenvalue weighted by molar-refractivity contribution is 5.83. The van der Waals surface area contributed by atoms with Crippen molar-refractivity contribution in [2.24, 2.45) is 4.99 Å². The Morgan fingerprint density at radius 2 is 2.17 bits per heavy atom. The molecule has 0 bridgehead atoms. The molecule has 1 aromatic heterocycles. The normalized spacial score (nSPS) is 17.0. The molecular weight excluding hydrogens is 297 g/mol. The van der Waals surface area contributed by atoms with Crippen LogP contribution < -0.4 is 5.32 Å². The number of benzene rings is 1. The average Bonchev–Trinajstić information content (AvgIpc) is 2.86. The Morgan fingerprint density at radius 1 is 1.43 bits per heavy atom. The molecule has 2 heterocycles. The van der Waals surface area contributed by atoms with E-state index in [9.17, 15) is 9.50 Å². The zero-order chi connectivity index (χ0) is 16.4. The zero-order valence-corrected chi connectivity index (χ0v) is 13.5. The second-order valence-electron chi connectivity index (χ2n) is 5.91. The van der Waals surface area contributed by atoms with Crippen LogP contribution >= 0.6 is 0 Å². The summed E-state index contributed by atoms with van der Waals surface area (Å²) in [6.45, 7) is 3.99. The predicted octanol–water partition coefficient (Wildman–Crippen LogP) is 2.41. The molecule has 5 nitrogen and oxygen atoms in total. The van der Waals surface area contributed by atoms with Gasteiger partial charge in [-0.25, -0.2) is 4.39 Å². The molecule has 6 heteroatoms. The van der Waals surface area contributed by atoms with Crippen LogP contribution in [0.2, 0.25) is 0 Å². The van der Waals surface area contributed by atoms with E-state index in [0.717, 1.165) is 48.6 Å². The molecule has 1 aliphatic rings. The van der Waals surface area contributed by atoms with E-state index in [1.807, 2.05) is 6.92 Å². The largest absolute Gasteiger partial charge is 0.459 e. The molecule has 0 radical (unpaired) electrons. The third kappa shape index (κ3) is 3.32. The minimum atomic E-state index is -0.261. The number of aliphatic hydroxyl groups excluding tert-OH is 1. The van der Waals surface area contributed by atoms with E-state index < -0.39 is 0 Å². The number of aryl methyl sites for hydroxylation is 1. The highest BCUT2D eigenvalue weighted by Crippen LogP contribution is 2.26. The van der Waals surface area contributed by atoms with E-state index in [2.05, 4.69) is 15.2 Å². The lowest BCUT2D eigenvalue weighted by Gasteiger charge is -2.32. The quantitative estimate of drug-likeness (QED) is 0.659. The molecule has 3 rings (SSSR count).